The Balaban J connectivity index is 2.15. The van der Waals surface area contributed by atoms with Crippen LogP contribution in [-0.2, 0) is 0 Å². The molecule has 0 saturated carbocycles. The van der Waals surface area contributed by atoms with E-state index in [9.17, 15) is 0 Å². The van der Waals surface area contributed by atoms with Crippen LogP contribution in [0.4, 0.5) is 11.4 Å². The highest BCUT2D eigenvalue weighted by atomic mass is 35.5. The molecule has 132 valence electrons. The molecule has 0 amide bonds. The van der Waals surface area contributed by atoms with Crippen LogP contribution < -0.4 is 4.74 Å². The molecule has 8 heteroatoms. The first-order chi connectivity index (χ1) is 12.6. The van der Waals surface area contributed by atoms with Crippen LogP contribution in [0.5, 0.6) is 5.88 Å². The van der Waals surface area contributed by atoms with Gasteiger partial charge in [-0.05, 0) is 25.1 Å². The zero-order valence-corrected chi connectivity index (χ0v) is 16.3. The largest absolute Gasteiger partial charge is 0.476 e. The van der Waals surface area contributed by atoms with E-state index in [0.717, 1.165) is 5.56 Å². The zero-order chi connectivity index (χ0) is 18.5. The lowest BCUT2D eigenvalue weighted by atomic mass is 10.1. The summed E-state index contributed by atoms with van der Waals surface area (Å²) in [6.45, 7) is 2.30. The van der Waals surface area contributed by atoms with Gasteiger partial charge in [-0.15, -0.1) is 17.7 Å². The molecule has 0 atom stereocenters. The summed E-state index contributed by atoms with van der Waals surface area (Å²) in [5.74, 6) is 0.400. The van der Waals surface area contributed by atoms with Crippen LogP contribution in [0, 0.1) is 0 Å². The Morgan fingerprint density at radius 3 is 2.62 bits per heavy atom. The van der Waals surface area contributed by atoms with Gasteiger partial charge in [0, 0.05) is 10.6 Å². The Morgan fingerprint density at radius 1 is 1.19 bits per heavy atom. The molecule has 1 aromatic heterocycles. The van der Waals surface area contributed by atoms with Gasteiger partial charge < -0.3 is 4.74 Å². The number of thiol groups is 1. The van der Waals surface area contributed by atoms with Gasteiger partial charge in [0.2, 0.25) is 5.88 Å². The number of azo groups is 1. The summed E-state index contributed by atoms with van der Waals surface area (Å²) in [6, 6.07) is 16.8. The molecule has 3 aromatic rings. The van der Waals surface area contributed by atoms with Gasteiger partial charge >= 0.3 is 0 Å². The first kappa shape index (κ1) is 18.6. The number of rotatable bonds is 5. The third-order valence-corrected chi connectivity index (χ3v) is 4.00. The highest BCUT2D eigenvalue weighted by Crippen LogP contribution is 2.39. The highest BCUT2D eigenvalue weighted by Gasteiger charge is 2.22. The third kappa shape index (κ3) is 4.12. The first-order valence-corrected chi connectivity index (χ1v) is 9.05. The van der Waals surface area contributed by atoms with Gasteiger partial charge in [0.1, 0.15) is 5.69 Å². The van der Waals surface area contributed by atoms with Crippen LogP contribution in [-0.4, -0.2) is 20.7 Å². The second-order valence-corrected chi connectivity index (χ2v) is 6.72. The molecular formula is C18H15ClN4OS2. The van der Waals surface area contributed by atoms with Crippen molar-refractivity contribution in [3.63, 3.8) is 0 Å². The molecule has 3 rings (SSSR count). The summed E-state index contributed by atoms with van der Waals surface area (Å²) in [5.41, 5.74) is 2.59. The number of aromatic nitrogens is 2. The molecule has 0 aliphatic rings. The van der Waals surface area contributed by atoms with Crippen molar-refractivity contribution in [1.82, 2.24) is 9.78 Å². The summed E-state index contributed by atoms with van der Waals surface area (Å²) in [7, 11) is 0. The number of thiocarbonyl (C=S) groups is 1. The standard InChI is InChI=1S/C18H15ClN4OS2/c1-2-24-17-16(21-20-14-10-6-9-13(19)11-14)15(22-23(17)18(25)26)12-7-4-3-5-8-12/h3-11H,2H2,1H3,(H,25,26). The summed E-state index contributed by atoms with van der Waals surface area (Å²) >= 11 is 15.4. The minimum Gasteiger partial charge on any atom is -0.476 e. The van der Waals surface area contributed by atoms with Crippen molar-refractivity contribution in [3.05, 3.63) is 59.6 Å². The lowest BCUT2D eigenvalue weighted by Crippen LogP contribution is -2.07. The predicted octanol–water partition coefficient (Wildman–Crippen LogP) is 6.08. The molecule has 5 nitrogen and oxygen atoms in total. The maximum Gasteiger partial charge on any atom is 0.247 e. The van der Waals surface area contributed by atoms with Crippen molar-refractivity contribution in [1.29, 1.82) is 0 Å². The van der Waals surface area contributed by atoms with Crippen LogP contribution in [0.25, 0.3) is 11.3 Å². The van der Waals surface area contributed by atoms with Crippen LogP contribution >= 0.6 is 36.4 Å². The lowest BCUT2D eigenvalue weighted by molar-refractivity contribution is 0.321. The average molecular weight is 403 g/mol. The van der Waals surface area contributed by atoms with E-state index >= 15 is 0 Å². The summed E-state index contributed by atoms with van der Waals surface area (Å²) < 4.78 is 7.43. The van der Waals surface area contributed by atoms with Gasteiger partial charge in [-0.2, -0.15) is 14.9 Å². The Hall–Kier alpha value is -2.22. The third-order valence-electron chi connectivity index (χ3n) is 3.40. The van der Waals surface area contributed by atoms with Crippen LogP contribution in [0.1, 0.15) is 6.92 Å². The monoisotopic (exact) mass is 402 g/mol. The van der Waals surface area contributed by atoms with Gasteiger partial charge in [0.25, 0.3) is 0 Å². The Kier molecular flexibility index (Phi) is 6.03. The van der Waals surface area contributed by atoms with Crippen molar-refractivity contribution in [3.8, 4) is 17.1 Å². The minimum absolute atomic E-state index is 0.259. The number of benzene rings is 2. The predicted molar refractivity (Wildman–Crippen MR) is 111 cm³/mol. The van der Waals surface area contributed by atoms with Crippen molar-refractivity contribution in [2.45, 2.75) is 6.92 Å². The first-order valence-electron chi connectivity index (χ1n) is 7.82. The molecule has 0 spiro atoms. The molecular weight excluding hydrogens is 388 g/mol. The fourth-order valence-corrected chi connectivity index (χ4v) is 2.76. The topological polar surface area (TPSA) is 51.8 Å². The number of ether oxygens (including phenoxy) is 1. The second-order valence-electron chi connectivity index (χ2n) is 5.18. The van der Waals surface area contributed by atoms with Crippen molar-refractivity contribution < 1.29 is 4.74 Å². The summed E-state index contributed by atoms with van der Waals surface area (Å²) in [5, 5.41) is 13.8. The van der Waals surface area contributed by atoms with Crippen molar-refractivity contribution in [2.24, 2.45) is 10.2 Å². The van der Waals surface area contributed by atoms with Gasteiger partial charge in [-0.1, -0.05) is 60.2 Å². The fourth-order valence-electron chi connectivity index (χ4n) is 2.32. The van der Waals surface area contributed by atoms with Gasteiger partial charge in [-0.25, -0.2) is 0 Å². The fraction of sp³-hybridized carbons (Fsp3) is 0.111. The minimum atomic E-state index is 0.259. The van der Waals surface area contributed by atoms with E-state index in [2.05, 4.69) is 28.0 Å². The maximum atomic E-state index is 6.01. The van der Waals surface area contributed by atoms with Crippen LogP contribution in [0.15, 0.2) is 64.8 Å². The summed E-state index contributed by atoms with van der Waals surface area (Å²) in [6.07, 6.45) is 0. The molecule has 0 N–H and O–H groups in total. The molecule has 1 heterocycles. The van der Waals surface area contributed by atoms with E-state index in [4.69, 9.17) is 28.6 Å². The average Bonchev–Trinajstić information content (AvgIpc) is 3.00. The van der Waals surface area contributed by atoms with E-state index in [0.29, 0.717) is 34.6 Å². The molecule has 0 saturated heterocycles. The Labute approximate surface area is 167 Å². The molecule has 2 aromatic carbocycles. The second kappa shape index (κ2) is 8.44. The molecule has 0 aliphatic heterocycles. The quantitative estimate of drug-likeness (QED) is 0.319. The summed E-state index contributed by atoms with van der Waals surface area (Å²) in [4.78, 5) is 0. The smallest absolute Gasteiger partial charge is 0.247 e. The Bertz CT molecular complexity index is 957. The number of halogens is 1. The molecule has 0 bridgehead atoms. The van der Waals surface area contributed by atoms with Crippen molar-refractivity contribution >= 4 is 52.1 Å². The molecule has 0 unspecified atom stereocenters. The van der Waals surface area contributed by atoms with E-state index in [1.54, 1.807) is 12.1 Å². The normalized spacial score (nSPS) is 11.0. The SMILES string of the molecule is CCOc1c(N=Nc2cccc(Cl)c2)c(-c2ccccc2)nn1C(=S)S. The molecule has 26 heavy (non-hydrogen) atoms. The van der Waals surface area contributed by atoms with E-state index in [1.807, 2.05) is 49.4 Å². The zero-order valence-electron chi connectivity index (χ0n) is 13.8. The highest BCUT2D eigenvalue weighted by molar-refractivity contribution is 8.11. The molecule has 0 aliphatic carbocycles. The van der Waals surface area contributed by atoms with Crippen LogP contribution in [0.2, 0.25) is 5.02 Å². The van der Waals surface area contributed by atoms with E-state index in [-0.39, 0.29) is 4.32 Å². The number of hydrogen-bond acceptors (Lipinski definition) is 5. The van der Waals surface area contributed by atoms with Crippen LogP contribution in [0.3, 0.4) is 0 Å². The number of nitrogens with zero attached hydrogens (tertiary/aromatic N) is 4. The molecule has 0 radical (unpaired) electrons. The van der Waals surface area contributed by atoms with Gasteiger partial charge in [-0.3, -0.25) is 0 Å². The lowest BCUT2D eigenvalue weighted by Gasteiger charge is -2.05. The van der Waals surface area contributed by atoms with Gasteiger partial charge in [0.05, 0.1) is 12.3 Å². The van der Waals surface area contributed by atoms with Crippen molar-refractivity contribution in [2.75, 3.05) is 6.61 Å². The van der Waals surface area contributed by atoms with E-state index < -0.39 is 0 Å². The van der Waals surface area contributed by atoms with Gasteiger partial charge in [0.15, 0.2) is 10.0 Å². The maximum absolute atomic E-state index is 6.01. The number of hydrogen-bond donors (Lipinski definition) is 1. The van der Waals surface area contributed by atoms with E-state index in [1.165, 1.54) is 4.68 Å². The molecule has 0 fully saturated rings. The Morgan fingerprint density at radius 2 is 1.96 bits per heavy atom.